The highest BCUT2D eigenvalue weighted by Crippen LogP contribution is 2.24. The molecule has 0 bridgehead atoms. The number of carbonyl (C=O) groups excluding carboxylic acids is 1. The van der Waals surface area contributed by atoms with Gasteiger partial charge in [-0.15, -0.1) is 11.3 Å². The third-order valence-electron chi connectivity index (χ3n) is 3.87. The molecule has 130 valence electrons. The van der Waals surface area contributed by atoms with E-state index in [2.05, 4.69) is 4.98 Å². The molecule has 1 aromatic heterocycles. The van der Waals surface area contributed by atoms with Crippen molar-refractivity contribution in [2.24, 2.45) is 0 Å². The van der Waals surface area contributed by atoms with Crippen LogP contribution in [0.2, 0.25) is 0 Å². The highest BCUT2D eigenvalue weighted by atomic mass is 32.1. The van der Waals surface area contributed by atoms with Crippen molar-refractivity contribution in [3.8, 4) is 0 Å². The second-order valence-corrected chi connectivity index (χ2v) is 7.92. The predicted octanol–water partition coefficient (Wildman–Crippen LogP) is 4.40. The number of carbonyl (C=O) groups is 1. The number of piperidine rings is 1. The Bertz CT molecular complexity index is 485. The smallest absolute Gasteiger partial charge is 0.410 e. The molecule has 6 heteroatoms. The van der Waals surface area contributed by atoms with Crippen molar-refractivity contribution >= 4 is 17.4 Å². The van der Waals surface area contributed by atoms with Crippen LogP contribution in [-0.2, 0) is 9.47 Å². The van der Waals surface area contributed by atoms with Crippen LogP contribution in [-0.4, -0.2) is 40.8 Å². The first kappa shape index (κ1) is 18.2. The Labute approximate surface area is 143 Å². The zero-order chi connectivity index (χ0) is 16.9. The number of ether oxygens (including phenoxy) is 2. The molecule has 0 spiro atoms. The fourth-order valence-corrected chi connectivity index (χ4v) is 3.39. The van der Waals surface area contributed by atoms with Crippen molar-refractivity contribution in [1.82, 2.24) is 9.88 Å². The molecular weight excluding hydrogens is 312 g/mol. The van der Waals surface area contributed by atoms with Gasteiger partial charge in [0.2, 0.25) is 0 Å². The zero-order valence-corrected chi connectivity index (χ0v) is 15.4. The Hall–Kier alpha value is -1.14. The molecule has 1 fully saturated rings. The summed E-state index contributed by atoms with van der Waals surface area (Å²) in [6.45, 7) is 9.14. The summed E-state index contributed by atoms with van der Waals surface area (Å²) in [5.74, 6) is 0. The maximum Gasteiger partial charge on any atom is 0.410 e. The lowest BCUT2D eigenvalue weighted by atomic mass is 10.0. The summed E-state index contributed by atoms with van der Waals surface area (Å²) in [7, 11) is 0. The fraction of sp³-hybridized carbons (Fsp3) is 0.765. The number of nitrogens with zero attached hydrogens (tertiary/aromatic N) is 2. The molecule has 0 N–H and O–H groups in total. The van der Waals surface area contributed by atoms with Crippen LogP contribution in [0.25, 0.3) is 0 Å². The minimum Gasteiger partial charge on any atom is -0.444 e. The molecule has 0 aliphatic carbocycles. The van der Waals surface area contributed by atoms with Crippen molar-refractivity contribution in [1.29, 1.82) is 0 Å². The van der Waals surface area contributed by atoms with E-state index >= 15 is 0 Å². The van der Waals surface area contributed by atoms with Gasteiger partial charge >= 0.3 is 6.09 Å². The molecule has 1 aliphatic rings. The third kappa shape index (κ3) is 5.77. The Morgan fingerprint density at radius 2 is 2.26 bits per heavy atom. The van der Waals surface area contributed by atoms with Gasteiger partial charge < -0.3 is 14.4 Å². The van der Waals surface area contributed by atoms with E-state index in [1.165, 1.54) is 0 Å². The van der Waals surface area contributed by atoms with Crippen LogP contribution in [0.15, 0.2) is 11.6 Å². The highest BCUT2D eigenvalue weighted by molar-refractivity contribution is 7.09. The molecule has 2 rings (SSSR count). The normalized spacial score (nSPS) is 20.3. The topological polar surface area (TPSA) is 51.7 Å². The van der Waals surface area contributed by atoms with Gasteiger partial charge in [-0.25, -0.2) is 9.78 Å². The van der Waals surface area contributed by atoms with Gasteiger partial charge in [0.05, 0.1) is 0 Å². The van der Waals surface area contributed by atoms with Gasteiger partial charge in [0.1, 0.15) is 16.7 Å². The van der Waals surface area contributed by atoms with E-state index in [4.69, 9.17) is 9.47 Å². The van der Waals surface area contributed by atoms with Crippen molar-refractivity contribution in [2.75, 3.05) is 13.2 Å². The average molecular weight is 340 g/mol. The molecular formula is C17H28N2O3S. The van der Waals surface area contributed by atoms with Crippen LogP contribution < -0.4 is 0 Å². The van der Waals surface area contributed by atoms with E-state index in [1.54, 1.807) is 17.5 Å². The predicted molar refractivity (Wildman–Crippen MR) is 91.7 cm³/mol. The maximum atomic E-state index is 12.4. The Kier molecular flexibility index (Phi) is 6.41. The SMILES string of the molecule is C[C@H](OCC[C@H]1CCCCN1C(=O)OC(C)(C)C)c1nccs1. The first-order valence-corrected chi connectivity index (χ1v) is 9.25. The lowest BCUT2D eigenvalue weighted by Gasteiger charge is -2.36. The first-order chi connectivity index (χ1) is 10.9. The van der Waals surface area contributed by atoms with Crippen LogP contribution in [0.1, 0.15) is 64.5 Å². The van der Waals surface area contributed by atoms with Gasteiger partial charge in [-0.2, -0.15) is 0 Å². The van der Waals surface area contributed by atoms with Crippen LogP contribution in [0.4, 0.5) is 4.79 Å². The number of likely N-dealkylation sites (tertiary alicyclic amines) is 1. The van der Waals surface area contributed by atoms with E-state index < -0.39 is 5.60 Å². The average Bonchev–Trinajstić information content (AvgIpc) is 3.00. The maximum absolute atomic E-state index is 12.4. The van der Waals surface area contributed by atoms with Crippen molar-refractivity contribution in [3.05, 3.63) is 16.6 Å². The van der Waals surface area contributed by atoms with Gasteiger partial charge in [0.25, 0.3) is 0 Å². The molecule has 1 aliphatic heterocycles. The number of hydrogen-bond donors (Lipinski definition) is 0. The Morgan fingerprint density at radius 3 is 2.91 bits per heavy atom. The van der Waals surface area contributed by atoms with Gasteiger partial charge in [0, 0.05) is 30.8 Å². The Morgan fingerprint density at radius 1 is 1.48 bits per heavy atom. The number of aromatic nitrogens is 1. The summed E-state index contributed by atoms with van der Waals surface area (Å²) in [4.78, 5) is 18.5. The van der Waals surface area contributed by atoms with E-state index in [9.17, 15) is 4.79 Å². The lowest BCUT2D eigenvalue weighted by Crippen LogP contribution is -2.46. The molecule has 5 nitrogen and oxygen atoms in total. The quantitative estimate of drug-likeness (QED) is 0.797. The molecule has 0 aromatic carbocycles. The van der Waals surface area contributed by atoms with Crippen molar-refractivity contribution in [2.45, 2.75) is 71.1 Å². The summed E-state index contributed by atoms with van der Waals surface area (Å²) in [6.07, 6.45) is 5.68. The van der Waals surface area contributed by atoms with Crippen LogP contribution in [0.5, 0.6) is 0 Å². The molecule has 2 atom stereocenters. The number of rotatable bonds is 5. The minimum absolute atomic E-state index is 0.00793. The monoisotopic (exact) mass is 340 g/mol. The number of thiazole rings is 1. The highest BCUT2D eigenvalue weighted by Gasteiger charge is 2.30. The van der Waals surface area contributed by atoms with E-state index in [1.807, 2.05) is 38.0 Å². The fourth-order valence-electron chi connectivity index (χ4n) is 2.75. The molecule has 2 heterocycles. The molecule has 1 saturated heterocycles. The largest absolute Gasteiger partial charge is 0.444 e. The summed E-state index contributed by atoms with van der Waals surface area (Å²) in [6, 6.07) is 0.210. The van der Waals surface area contributed by atoms with Gasteiger partial charge in [-0.05, 0) is 53.4 Å². The first-order valence-electron chi connectivity index (χ1n) is 8.37. The second kappa shape index (κ2) is 8.11. The van der Waals surface area contributed by atoms with Crippen molar-refractivity contribution in [3.63, 3.8) is 0 Å². The van der Waals surface area contributed by atoms with E-state index in [0.29, 0.717) is 6.61 Å². The summed E-state index contributed by atoms with van der Waals surface area (Å²) < 4.78 is 11.4. The van der Waals surface area contributed by atoms with Gasteiger partial charge in [-0.3, -0.25) is 0 Å². The standard InChI is InChI=1S/C17H28N2O3S/c1-13(15-18-9-12-23-15)21-11-8-14-7-5-6-10-19(14)16(20)22-17(2,3)4/h9,12-14H,5-8,10-11H2,1-4H3/t13-,14+/m0/s1. The summed E-state index contributed by atoms with van der Waals surface area (Å²) in [5, 5.41) is 2.96. The van der Waals surface area contributed by atoms with Crippen LogP contribution in [0.3, 0.4) is 0 Å². The number of hydrogen-bond acceptors (Lipinski definition) is 5. The molecule has 1 amide bonds. The van der Waals surface area contributed by atoms with E-state index in [0.717, 1.165) is 37.2 Å². The van der Waals surface area contributed by atoms with Crippen LogP contribution in [0, 0.1) is 0 Å². The van der Waals surface area contributed by atoms with Crippen molar-refractivity contribution < 1.29 is 14.3 Å². The lowest BCUT2D eigenvalue weighted by molar-refractivity contribution is -0.000262. The second-order valence-electron chi connectivity index (χ2n) is 7.00. The van der Waals surface area contributed by atoms with Gasteiger partial charge in [-0.1, -0.05) is 0 Å². The minimum atomic E-state index is -0.449. The molecule has 23 heavy (non-hydrogen) atoms. The summed E-state index contributed by atoms with van der Waals surface area (Å²) >= 11 is 1.61. The number of amides is 1. The molecule has 0 saturated carbocycles. The van der Waals surface area contributed by atoms with E-state index in [-0.39, 0.29) is 18.2 Å². The Balaban J connectivity index is 1.82. The van der Waals surface area contributed by atoms with Crippen LogP contribution >= 0.6 is 11.3 Å². The summed E-state index contributed by atoms with van der Waals surface area (Å²) in [5.41, 5.74) is -0.449. The van der Waals surface area contributed by atoms with Gasteiger partial charge in [0.15, 0.2) is 0 Å². The third-order valence-corrected chi connectivity index (χ3v) is 4.81. The molecule has 0 radical (unpaired) electrons. The molecule has 0 unspecified atom stereocenters. The zero-order valence-electron chi connectivity index (χ0n) is 14.6. The molecule has 1 aromatic rings.